The number of nitrogens with zero attached hydrogens (tertiary/aromatic N) is 3. The number of hydrogen-bond donors (Lipinski definition) is 0. The SMILES string of the molecule is N#Cc1c(-c2cccs2)[n+]([O-])c2ccc(C3OCCO3)cc2[n+]1[O-]. The van der Waals surface area contributed by atoms with Crippen molar-refractivity contribution < 1.29 is 18.9 Å². The van der Waals surface area contributed by atoms with Crippen molar-refractivity contribution in [2.75, 3.05) is 13.2 Å². The summed E-state index contributed by atoms with van der Waals surface area (Å²) in [6, 6.07) is 10.1. The lowest BCUT2D eigenvalue weighted by molar-refractivity contribution is -0.622. The fourth-order valence-corrected chi connectivity index (χ4v) is 3.49. The number of hydrogen-bond acceptors (Lipinski definition) is 6. The molecule has 0 radical (unpaired) electrons. The summed E-state index contributed by atoms with van der Waals surface area (Å²) in [5, 5.41) is 36.6. The molecule has 4 rings (SSSR count). The second-order valence-electron chi connectivity index (χ2n) is 5.20. The first-order valence-corrected chi connectivity index (χ1v) is 8.08. The topological polar surface area (TPSA) is 96.1 Å². The van der Waals surface area contributed by atoms with Crippen LogP contribution in [-0.4, -0.2) is 13.2 Å². The highest BCUT2D eigenvalue weighted by Crippen LogP contribution is 2.28. The number of thiophene rings is 1. The van der Waals surface area contributed by atoms with E-state index in [1.165, 1.54) is 17.4 Å². The van der Waals surface area contributed by atoms with Gasteiger partial charge in [0.2, 0.25) is 0 Å². The summed E-state index contributed by atoms with van der Waals surface area (Å²) in [6.07, 6.45) is -0.558. The van der Waals surface area contributed by atoms with E-state index in [-0.39, 0.29) is 22.4 Å². The number of rotatable bonds is 2. The second kappa shape index (κ2) is 5.72. The summed E-state index contributed by atoms with van der Waals surface area (Å²) in [5.41, 5.74) is 0.770. The average Bonchev–Trinajstić information content (AvgIpc) is 3.30. The third-order valence-electron chi connectivity index (χ3n) is 3.82. The van der Waals surface area contributed by atoms with Gasteiger partial charge in [-0.2, -0.15) is 9.99 Å². The summed E-state index contributed by atoms with van der Waals surface area (Å²) >= 11 is 1.30. The first-order chi connectivity index (χ1) is 11.7. The molecule has 0 bridgehead atoms. The third-order valence-corrected chi connectivity index (χ3v) is 4.70. The van der Waals surface area contributed by atoms with Gasteiger partial charge in [-0.1, -0.05) is 6.07 Å². The number of fused-ring (bicyclic) bond motifs is 1. The molecule has 1 aromatic carbocycles. The van der Waals surface area contributed by atoms with E-state index in [1.807, 2.05) is 6.07 Å². The minimum absolute atomic E-state index is 0.0658. The van der Waals surface area contributed by atoms with Crippen LogP contribution in [0.25, 0.3) is 21.6 Å². The minimum Gasteiger partial charge on any atom is -0.617 e. The molecule has 3 heterocycles. The Morgan fingerprint density at radius 2 is 1.92 bits per heavy atom. The van der Waals surface area contributed by atoms with Crippen molar-refractivity contribution in [1.29, 1.82) is 5.26 Å². The molecule has 1 fully saturated rings. The summed E-state index contributed by atoms with van der Waals surface area (Å²) in [4.78, 5) is 0.569. The molecule has 0 amide bonds. The fourth-order valence-electron chi connectivity index (χ4n) is 2.73. The maximum absolute atomic E-state index is 12.7. The zero-order valence-corrected chi connectivity index (χ0v) is 13.2. The van der Waals surface area contributed by atoms with Crippen LogP contribution in [0.1, 0.15) is 17.5 Å². The Kier molecular flexibility index (Phi) is 3.54. The van der Waals surface area contributed by atoms with E-state index in [0.717, 1.165) is 0 Å². The lowest BCUT2D eigenvalue weighted by Gasteiger charge is -2.12. The van der Waals surface area contributed by atoms with Gasteiger partial charge in [0, 0.05) is 17.7 Å². The second-order valence-corrected chi connectivity index (χ2v) is 6.14. The zero-order chi connectivity index (χ0) is 16.7. The van der Waals surface area contributed by atoms with E-state index < -0.39 is 6.29 Å². The van der Waals surface area contributed by atoms with E-state index in [1.54, 1.807) is 29.6 Å². The average molecular weight is 341 g/mol. The van der Waals surface area contributed by atoms with Gasteiger partial charge < -0.3 is 19.9 Å². The number of ether oxygens (including phenoxy) is 2. The first-order valence-electron chi connectivity index (χ1n) is 7.20. The number of benzene rings is 1. The third kappa shape index (κ3) is 2.18. The molecular formula is C16H11N3O4S. The van der Waals surface area contributed by atoms with E-state index >= 15 is 0 Å². The van der Waals surface area contributed by atoms with Gasteiger partial charge in [-0.3, -0.25) is 0 Å². The lowest BCUT2D eigenvalue weighted by atomic mass is 10.1. The van der Waals surface area contributed by atoms with Gasteiger partial charge in [0.15, 0.2) is 12.4 Å². The molecule has 1 saturated heterocycles. The van der Waals surface area contributed by atoms with Crippen LogP contribution in [0.3, 0.4) is 0 Å². The van der Waals surface area contributed by atoms with Gasteiger partial charge in [0.1, 0.15) is 4.88 Å². The molecule has 0 aliphatic carbocycles. The molecule has 2 aromatic heterocycles. The standard InChI is InChI=1S/C16H11N3O4S/c17-9-13-15(14-2-1-7-24-14)19(21)11-4-3-10(8-12(11)18(13)20)16-22-5-6-23-16/h1-4,7-8,16H,5-6H2. The van der Waals surface area contributed by atoms with Crippen LogP contribution >= 0.6 is 11.3 Å². The molecule has 0 N–H and O–H groups in total. The smallest absolute Gasteiger partial charge is 0.370 e. The summed E-state index contributed by atoms with van der Waals surface area (Å²) in [6.45, 7) is 0.949. The van der Waals surface area contributed by atoms with Crippen LogP contribution in [0.4, 0.5) is 0 Å². The van der Waals surface area contributed by atoms with Gasteiger partial charge >= 0.3 is 11.4 Å². The number of nitriles is 1. The Bertz CT molecular complexity index is 960. The predicted octanol–water partition coefficient (Wildman–Crippen LogP) is 1.75. The van der Waals surface area contributed by atoms with Crippen molar-refractivity contribution in [3.05, 3.63) is 57.4 Å². The molecule has 0 atom stereocenters. The Morgan fingerprint density at radius 3 is 2.58 bits per heavy atom. The Labute approximate surface area is 140 Å². The summed E-state index contributed by atoms with van der Waals surface area (Å²) in [5.74, 6) is 0. The predicted molar refractivity (Wildman–Crippen MR) is 84.5 cm³/mol. The number of aromatic nitrogens is 2. The van der Waals surface area contributed by atoms with E-state index in [4.69, 9.17) is 9.47 Å². The van der Waals surface area contributed by atoms with Gasteiger partial charge in [-0.05, 0) is 17.5 Å². The van der Waals surface area contributed by atoms with Crippen LogP contribution < -0.4 is 9.46 Å². The van der Waals surface area contributed by atoms with Gasteiger partial charge in [-0.25, -0.2) is 0 Å². The van der Waals surface area contributed by atoms with Gasteiger partial charge in [0.05, 0.1) is 13.2 Å². The van der Waals surface area contributed by atoms with E-state index in [2.05, 4.69) is 0 Å². The molecule has 7 nitrogen and oxygen atoms in total. The first kappa shape index (κ1) is 14.8. The maximum Gasteiger partial charge on any atom is 0.370 e. The van der Waals surface area contributed by atoms with Crippen molar-refractivity contribution in [3.8, 4) is 16.6 Å². The highest BCUT2D eigenvalue weighted by molar-refractivity contribution is 7.13. The molecule has 120 valence electrons. The van der Waals surface area contributed by atoms with Crippen molar-refractivity contribution >= 4 is 22.4 Å². The maximum atomic E-state index is 12.7. The van der Waals surface area contributed by atoms with E-state index in [9.17, 15) is 15.7 Å². The molecule has 0 unspecified atom stereocenters. The molecule has 1 aliphatic rings. The van der Waals surface area contributed by atoms with Gasteiger partial charge in [-0.15, -0.1) is 16.1 Å². The summed E-state index contributed by atoms with van der Waals surface area (Å²) < 4.78 is 12.0. The molecule has 0 saturated carbocycles. The highest BCUT2D eigenvalue weighted by Gasteiger charge is 2.31. The fraction of sp³-hybridized carbons (Fsp3) is 0.188. The Hall–Kier alpha value is -2.73. The molecule has 1 aliphatic heterocycles. The monoisotopic (exact) mass is 341 g/mol. The van der Waals surface area contributed by atoms with Gasteiger partial charge in [0.25, 0.3) is 11.0 Å². The van der Waals surface area contributed by atoms with Crippen LogP contribution in [0.2, 0.25) is 0 Å². The molecule has 8 heteroatoms. The Morgan fingerprint density at radius 1 is 1.12 bits per heavy atom. The summed E-state index contributed by atoms with van der Waals surface area (Å²) in [7, 11) is 0. The van der Waals surface area contributed by atoms with Crippen molar-refractivity contribution in [2.45, 2.75) is 6.29 Å². The van der Waals surface area contributed by atoms with E-state index in [0.29, 0.717) is 33.1 Å². The lowest BCUT2D eigenvalue weighted by Crippen LogP contribution is -2.43. The van der Waals surface area contributed by atoms with Crippen molar-refractivity contribution in [3.63, 3.8) is 0 Å². The molecular weight excluding hydrogens is 330 g/mol. The molecule has 24 heavy (non-hydrogen) atoms. The Balaban J connectivity index is 1.99. The van der Waals surface area contributed by atoms with Crippen LogP contribution in [-0.2, 0) is 9.47 Å². The van der Waals surface area contributed by atoms with Crippen molar-refractivity contribution in [1.82, 2.24) is 0 Å². The largest absolute Gasteiger partial charge is 0.617 e. The van der Waals surface area contributed by atoms with Crippen LogP contribution in [0.5, 0.6) is 0 Å². The highest BCUT2D eigenvalue weighted by atomic mass is 32.1. The normalized spacial score (nSPS) is 15.0. The minimum atomic E-state index is -0.558. The van der Waals surface area contributed by atoms with Crippen LogP contribution in [0, 0.1) is 21.7 Å². The molecule has 0 spiro atoms. The quantitative estimate of drug-likeness (QED) is 0.523. The van der Waals surface area contributed by atoms with Crippen molar-refractivity contribution in [2.24, 2.45) is 0 Å². The zero-order valence-electron chi connectivity index (χ0n) is 12.3. The van der Waals surface area contributed by atoms with Crippen LogP contribution in [0.15, 0.2) is 35.7 Å². The molecule has 3 aromatic rings.